The number of benzene rings is 1. The number of amides is 2. The van der Waals surface area contributed by atoms with Crippen molar-refractivity contribution >= 4 is 11.8 Å². The first-order valence-electron chi connectivity index (χ1n) is 5.32. The fraction of sp³-hybridized carbons (Fsp3) is 0.333. The second kappa shape index (κ2) is 4.53. The molecule has 1 heterocycles. The molecule has 17 heavy (non-hydrogen) atoms. The molecule has 1 aromatic carbocycles. The first-order chi connectivity index (χ1) is 8.04. The third kappa shape index (κ3) is 2.81. The number of aryl methyl sites for hydroxylation is 1. The van der Waals surface area contributed by atoms with E-state index in [-0.39, 0.29) is 12.3 Å². The zero-order chi connectivity index (χ0) is 12.4. The zero-order valence-corrected chi connectivity index (χ0v) is 9.33. The van der Waals surface area contributed by atoms with Gasteiger partial charge in [-0.1, -0.05) is 0 Å². The van der Waals surface area contributed by atoms with Crippen LogP contribution in [0, 0.1) is 12.7 Å². The Labute approximate surface area is 97.8 Å². The van der Waals surface area contributed by atoms with Crippen LogP contribution in [0.15, 0.2) is 18.2 Å². The van der Waals surface area contributed by atoms with Crippen LogP contribution in [0.25, 0.3) is 0 Å². The van der Waals surface area contributed by atoms with Gasteiger partial charge in [-0.3, -0.25) is 14.9 Å². The van der Waals surface area contributed by atoms with Crippen molar-refractivity contribution in [3.05, 3.63) is 29.6 Å². The van der Waals surface area contributed by atoms with Crippen LogP contribution in [-0.4, -0.2) is 17.9 Å². The van der Waals surface area contributed by atoms with Crippen molar-refractivity contribution in [3.8, 4) is 5.75 Å². The van der Waals surface area contributed by atoms with Gasteiger partial charge in [-0.15, -0.1) is 0 Å². The summed E-state index contributed by atoms with van der Waals surface area (Å²) in [6, 6.07) is 4.24. The van der Waals surface area contributed by atoms with E-state index in [0.717, 1.165) is 0 Å². The predicted molar refractivity (Wildman–Crippen MR) is 57.9 cm³/mol. The van der Waals surface area contributed by atoms with Crippen LogP contribution >= 0.6 is 0 Å². The van der Waals surface area contributed by atoms with Crippen molar-refractivity contribution in [3.63, 3.8) is 0 Å². The Balaban J connectivity index is 2.10. The van der Waals surface area contributed by atoms with Crippen LogP contribution < -0.4 is 10.1 Å². The minimum atomic E-state index is -0.728. The number of hydrogen-bond donors (Lipinski definition) is 1. The highest BCUT2D eigenvalue weighted by Crippen LogP contribution is 2.19. The Kier molecular flexibility index (Phi) is 3.08. The first-order valence-corrected chi connectivity index (χ1v) is 5.32. The summed E-state index contributed by atoms with van der Waals surface area (Å²) in [5, 5.41) is 2.18. The highest BCUT2D eigenvalue weighted by atomic mass is 19.1. The summed E-state index contributed by atoms with van der Waals surface area (Å²) in [5.41, 5.74) is 0.715. The van der Waals surface area contributed by atoms with Crippen molar-refractivity contribution in [2.24, 2.45) is 0 Å². The molecule has 2 rings (SSSR count). The van der Waals surface area contributed by atoms with Gasteiger partial charge in [0.25, 0.3) is 5.91 Å². The van der Waals surface area contributed by atoms with E-state index in [2.05, 4.69) is 5.32 Å². The third-order valence-electron chi connectivity index (χ3n) is 2.48. The standard InChI is InChI=1S/C12H12FNO3/c1-7-4-8(13)6-9(5-7)17-10-2-3-11(15)14-12(10)16/h4-6,10H,2-3H2,1H3,(H,14,15,16). The smallest absolute Gasteiger partial charge is 0.267 e. The molecule has 4 nitrogen and oxygen atoms in total. The third-order valence-corrected chi connectivity index (χ3v) is 2.48. The summed E-state index contributed by atoms with van der Waals surface area (Å²) >= 11 is 0. The molecule has 1 atom stereocenters. The topological polar surface area (TPSA) is 55.4 Å². The molecule has 1 N–H and O–H groups in total. The number of ether oxygens (including phenoxy) is 1. The molecular weight excluding hydrogens is 225 g/mol. The molecule has 1 unspecified atom stereocenters. The monoisotopic (exact) mass is 237 g/mol. The second-order valence-electron chi connectivity index (χ2n) is 4.02. The molecule has 1 aliphatic heterocycles. The highest BCUT2D eigenvalue weighted by molar-refractivity contribution is 5.99. The van der Waals surface area contributed by atoms with E-state index < -0.39 is 17.8 Å². The molecule has 90 valence electrons. The van der Waals surface area contributed by atoms with Crippen LogP contribution in [-0.2, 0) is 9.59 Å². The maximum atomic E-state index is 13.1. The quantitative estimate of drug-likeness (QED) is 0.789. The molecule has 0 saturated carbocycles. The summed E-state index contributed by atoms with van der Waals surface area (Å²) in [6.45, 7) is 1.74. The van der Waals surface area contributed by atoms with E-state index in [0.29, 0.717) is 17.7 Å². The van der Waals surface area contributed by atoms with Gasteiger partial charge < -0.3 is 4.74 Å². The zero-order valence-electron chi connectivity index (χ0n) is 9.33. The van der Waals surface area contributed by atoms with Crippen LogP contribution in [0.4, 0.5) is 4.39 Å². The van der Waals surface area contributed by atoms with Crippen molar-refractivity contribution in [2.45, 2.75) is 25.9 Å². The van der Waals surface area contributed by atoms with Crippen molar-refractivity contribution < 1.29 is 18.7 Å². The molecule has 1 fully saturated rings. The van der Waals surface area contributed by atoms with Crippen LogP contribution in [0.5, 0.6) is 5.75 Å². The van der Waals surface area contributed by atoms with Crippen LogP contribution in [0.3, 0.4) is 0 Å². The fourth-order valence-electron chi connectivity index (χ4n) is 1.72. The van der Waals surface area contributed by atoms with E-state index in [9.17, 15) is 14.0 Å². The number of nitrogens with one attached hydrogen (secondary N) is 1. The number of carbonyl (C=O) groups excluding carboxylic acids is 2. The van der Waals surface area contributed by atoms with Gasteiger partial charge in [-0.25, -0.2) is 4.39 Å². The molecule has 2 amide bonds. The lowest BCUT2D eigenvalue weighted by Crippen LogP contribution is -2.46. The summed E-state index contributed by atoms with van der Waals surface area (Å²) < 4.78 is 18.5. The Morgan fingerprint density at radius 1 is 1.35 bits per heavy atom. The molecule has 0 aliphatic carbocycles. The largest absolute Gasteiger partial charge is 0.480 e. The number of carbonyl (C=O) groups is 2. The van der Waals surface area contributed by atoms with Gasteiger partial charge in [-0.2, -0.15) is 0 Å². The van der Waals surface area contributed by atoms with Gasteiger partial charge in [0.15, 0.2) is 6.10 Å². The lowest BCUT2D eigenvalue weighted by Gasteiger charge is -2.22. The number of piperidine rings is 1. The van der Waals surface area contributed by atoms with Gasteiger partial charge in [0.05, 0.1) is 0 Å². The van der Waals surface area contributed by atoms with Gasteiger partial charge in [0, 0.05) is 18.9 Å². The molecule has 1 aliphatic rings. The minimum Gasteiger partial charge on any atom is -0.480 e. The van der Waals surface area contributed by atoms with E-state index in [1.54, 1.807) is 13.0 Å². The van der Waals surface area contributed by atoms with Gasteiger partial charge in [-0.05, 0) is 24.6 Å². The fourth-order valence-corrected chi connectivity index (χ4v) is 1.72. The molecule has 1 aromatic rings. The van der Waals surface area contributed by atoms with E-state index in [4.69, 9.17) is 4.74 Å². The Morgan fingerprint density at radius 2 is 2.12 bits per heavy atom. The van der Waals surface area contributed by atoms with Gasteiger partial charge >= 0.3 is 0 Å². The number of imide groups is 1. The van der Waals surface area contributed by atoms with E-state index in [1.807, 2.05) is 0 Å². The number of halogens is 1. The molecular formula is C12H12FNO3. The Hall–Kier alpha value is -1.91. The summed E-state index contributed by atoms with van der Waals surface area (Å²) in [6.07, 6.45) is -0.167. The van der Waals surface area contributed by atoms with Crippen molar-refractivity contribution in [2.75, 3.05) is 0 Å². The lowest BCUT2D eigenvalue weighted by molar-refractivity contribution is -0.138. The Morgan fingerprint density at radius 3 is 2.76 bits per heavy atom. The van der Waals surface area contributed by atoms with E-state index >= 15 is 0 Å². The van der Waals surface area contributed by atoms with Crippen molar-refractivity contribution in [1.82, 2.24) is 5.32 Å². The molecule has 1 saturated heterocycles. The molecule has 0 bridgehead atoms. The van der Waals surface area contributed by atoms with Gasteiger partial charge in [0.2, 0.25) is 5.91 Å². The van der Waals surface area contributed by atoms with Crippen LogP contribution in [0.2, 0.25) is 0 Å². The second-order valence-corrected chi connectivity index (χ2v) is 4.02. The maximum Gasteiger partial charge on any atom is 0.267 e. The normalized spacial score (nSPS) is 20.0. The SMILES string of the molecule is Cc1cc(F)cc(OC2CCC(=O)NC2=O)c1. The van der Waals surface area contributed by atoms with Crippen molar-refractivity contribution in [1.29, 1.82) is 0 Å². The number of hydrogen-bond acceptors (Lipinski definition) is 3. The maximum absolute atomic E-state index is 13.1. The number of rotatable bonds is 2. The molecule has 5 heteroatoms. The predicted octanol–water partition coefficient (Wildman–Crippen LogP) is 1.32. The Bertz CT molecular complexity index is 453. The average Bonchev–Trinajstić information content (AvgIpc) is 2.21. The highest BCUT2D eigenvalue weighted by Gasteiger charge is 2.28. The van der Waals surface area contributed by atoms with Crippen LogP contribution in [0.1, 0.15) is 18.4 Å². The summed E-state index contributed by atoms with van der Waals surface area (Å²) in [7, 11) is 0. The lowest BCUT2D eigenvalue weighted by atomic mass is 10.1. The molecule has 0 spiro atoms. The summed E-state index contributed by atoms with van der Waals surface area (Å²) in [5.74, 6) is -0.877. The summed E-state index contributed by atoms with van der Waals surface area (Å²) in [4.78, 5) is 22.4. The molecule has 0 aromatic heterocycles. The first kappa shape index (κ1) is 11.6. The van der Waals surface area contributed by atoms with Gasteiger partial charge in [0.1, 0.15) is 11.6 Å². The average molecular weight is 237 g/mol. The molecule has 0 radical (unpaired) electrons. The minimum absolute atomic E-state index is 0.241. The van der Waals surface area contributed by atoms with E-state index in [1.165, 1.54) is 12.1 Å².